The van der Waals surface area contributed by atoms with Crippen LogP contribution >= 0.6 is 0 Å². The summed E-state index contributed by atoms with van der Waals surface area (Å²) >= 11 is 0. The van der Waals surface area contributed by atoms with E-state index in [2.05, 4.69) is 0 Å². The van der Waals surface area contributed by atoms with Crippen LogP contribution in [0.5, 0.6) is 5.75 Å². The Hall–Kier alpha value is -2.59. The minimum atomic E-state index is -1.78. The molecule has 0 radical (unpaired) electrons. The molecule has 17 heteroatoms. The number of aliphatic hydroxyl groups is 9. The van der Waals surface area contributed by atoms with Crippen LogP contribution in [0.25, 0.3) is 0 Å². The number of hydrogen-bond donors (Lipinski definition) is 9. The molecule has 1 aliphatic carbocycles. The summed E-state index contributed by atoms with van der Waals surface area (Å²) in [7, 11) is 2.50. The fourth-order valence-corrected chi connectivity index (χ4v) is 6.39. The highest BCUT2D eigenvalue weighted by atomic mass is 16.7. The summed E-state index contributed by atoms with van der Waals surface area (Å²) in [5.41, 5.74) is 2.72. The van der Waals surface area contributed by atoms with Crippen molar-refractivity contribution in [3.63, 3.8) is 0 Å². The van der Waals surface area contributed by atoms with Crippen LogP contribution in [0.15, 0.2) is 35.4 Å². The van der Waals surface area contributed by atoms with Gasteiger partial charge in [0.2, 0.25) is 6.29 Å². The fraction of sp³-hybridized carbons (Fsp3) is 0.694. The maximum Gasteiger partial charge on any atom is 0.338 e. The number of benzene rings is 1. The first-order valence-corrected chi connectivity index (χ1v) is 17.4. The van der Waals surface area contributed by atoms with Crippen LogP contribution in [0.1, 0.15) is 49.2 Å². The minimum absolute atomic E-state index is 0.0188. The van der Waals surface area contributed by atoms with Crippen molar-refractivity contribution in [2.24, 2.45) is 0 Å². The number of carbonyl (C=O) groups excluding carboxylic acids is 1. The van der Waals surface area contributed by atoms with E-state index >= 15 is 0 Å². The zero-order chi connectivity index (χ0) is 39.3. The third kappa shape index (κ3) is 10.00. The molecule has 0 amide bonds. The lowest BCUT2D eigenvalue weighted by Crippen LogP contribution is -2.65. The minimum Gasteiger partial charge on any atom is -0.461 e. The van der Waals surface area contributed by atoms with Crippen molar-refractivity contribution in [1.82, 2.24) is 0 Å². The van der Waals surface area contributed by atoms with Gasteiger partial charge >= 0.3 is 5.97 Å². The van der Waals surface area contributed by atoms with Gasteiger partial charge in [0.25, 0.3) is 0 Å². The van der Waals surface area contributed by atoms with Crippen molar-refractivity contribution >= 4 is 5.97 Å². The molecule has 9 N–H and O–H groups in total. The Labute approximate surface area is 307 Å². The van der Waals surface area contributed by atoms with Crippen molar-refractivity contribution in [1.29, 1.82) is 0 Å². The Morgan fingerprint density at radius 1 is 0.698 bits per heavy atom. The molecule has 1 aromatic rings. The Morgan fingerprint density at radius 3 is 1.72 bits per heavy atom. The predicted molar refractivity (Wildman–Crippen MR) is 183 cm³/mol. The molecule has 2 aliphatic heterocycles. The van der Waals surface area contributed by atoms with Crippen LogP contribution in [-0.4, -0.2) is 171 Å². The van der Waals surface area contributed by atoms with E-state index < -0.39 is 105 Å². The van der Waals surface area contributed by atoms with E-state index in [1.807, 2.05) is 39.8 Å². The van der Waals surface area contributed by atoms with Gasteiger partial charge in [-0.3, -0.25) is 0 Å². The molecule has 2 heterocycles. The molecule has 0 spiro atoms. The van der Waals surface area contributed by atoms with Crippen LogP contribution < -0.4 is 4.74 Å². The highest BCUT2D eigenvalue weighted by Crippen LogP contribution is 2.34. The number of esters is 1. The standard InChI is InChI=1S/C36H54O17/c1-15(2)7-9-17-11-19(34(46)52-33-28(44)31(47-5)27(43)32(48-6)29(33)45)12-18(10-8-16(3)4)30(17)53-36-26(42)24(40)23(39)21(51-36)14-50-35-25(41)22(38)20(37)13-49-35/h7-8,11-12,20-29,31-33,35-45H,9-10,13-14H2,1-6H3. The molecule has 300 valence electrons. The number of rotatable bonds is 13. The quantitative estimate of drug-likeness (QED) is 0.0778. The molecule has 13 atom stereocenters. The summed E-state index contributed by atoms with van der Waals surface area (Å²) in [5, 5.41) is 94.8. The average molecular weight is 759 g/mol. The summed E-state index contributed by atoms with van der Waals surface area (Å²) in [6.07, 6.45) is -18.5. The maximum absolute atomic E-state index is 13.7. The molecule has 13 unspecified atom stereocenters. The van der Waals surface area contributed by atoms with Gasteiger partial charge in [-0.25, -0.2) is 4.79 Å². The monoisotopic (exact) mass is 758 g/mol. The first-order valence-electron chi connectivity index (χ1n) is 17.4. The fourth-order valence-electron chi connectivity index (χ4n) is 6.39. The van der Waals surface area contributed by atoms with Crippen LogP contribution in [0.2, 0.25) is 0 Å². The van der Waals surface area contributed by atoms with Crippen molar-refractivity contribution in [2.75, 3.05) is 27.4 Å². The van der Waals surface area contributed by atoms with E-state index in [0.29, 0.717) is 11.1 Å². The lowest BCUT2D eigenvalue weighted by molar-refractivity contribution is -0.307. The van der Waals surface area contributed by atoms with Gasteiger partial charge in [-0.1, -0.05) is 23.3 Å². The average Bonchev–Trinajstić information content (AvgIpc) is 3.11. The van der Waals surface area contributed by atoms with E-state index in [-0.39, 0.29) is 30.8 Å². The number of aliphatic hydroxyl groups excluding tert-OH is 9. The smallest absolute Gasteiger partial charge is 0.338 e. The molecule has 17 nitrogen and oxygen atoms in total. The summed E-state index contributed by atoms with van der Waals surface area (Å²) in [4.78, 5) is 13.7. The van der Waals surface area contributed by atoms with Crippen molar-refractivity contribution in [2.45, 2.75) is 132 Å². The van der Waals surface area contributed by atoms with Crippen LogP contribution in [-0.2, 0) is 41.3 Å². The van der Waals surface area contributed by atoms with Crippen LogP contribution in [0, 0.1) is 0 Å². The molecule has 4 rings (SSSR count). The second kappa shape index (κ2) is 18.8. The van der Waals surface area contributed by atoms with Gasteiger partial charge in [-0.05, 0) is 63.8 Å². The van der Waals surface area contributed by atoms with Crippen LogP contribution in [0.3, 0.4) is 0 Å². The second-order valence-corrected chi connectivity index (χ2v) is 14.1. The largest absolute Gasteiger partial charge is 0.461 e. The van der Waals surface area contributed by atoms with Crippen molar-refractivity contribution < 1.29 is 83.9 Å². The number of ether oxygens (including phenoxy) is 7. The van der Waals surface area contributed by atoms with E-state index in [0.717, 1.165) is 11.1 Å². The van der Waals surface area contributed by atoms with Gasteiger partial charge in [0.05, 0.1) is 18.8 Å². The molecular formula is C36H54O17. The zero-order valence-corrected chi connectivity index (χ0v) is 30.6. The van der Waals surface area contributed by atoms with Gasteiger partial charge in [-0.15, -0.1) is 0 Å². The first kappa shape index (κ1) is 43.1. The molecule has 2 saturated heterocycles. The number of carbonyl (C=O) groups is 1. The molecule has 3 aliphatic rings. The van der Waals surface area contributed by atoms with Gasteiger partial charge in [0.15, 0.2) is 12.4 Å². The predicted octanol–water partition coefficient (Wildman–Crippen LogP) is -2.00. The Balaban J connectivity index is 1.66. The third-order valence-corrected chi connectivity index (χ3v) is 9.53. The Morgan fingerprint density at radius 2 is 1.21 bits per heavy atom. The zero-order valence-electron chi connectivity index (χ0n) is 30.6. The molecule has 3 fully saturated rings. The number of hydrogen-bond acceptors (Lipinski definition) is 17. The SMILES string of the molecule is COC1C(O)C(OC)C(O)C(OC(=O)c2cc(CC=C(C)C)c(OC3OC(COC4OCC(O)C(O)C4O)C(O)C(O)C3O)c(CC=C(C)C)c2)C1O. The van der Waals surface area contributed by atoms with E-state index in [4.69, 9.17) is 33.2 Å². The number of allylic oxidation sites excluding steroid dienone is 4. The van der Waals surface area contributed by atoms with Crippen molar-refractivity contribution in [3.05, 3.63) is 52.1 Å². The lowest BCUT2D eigenvalue weighted by atomic mass is 9.84. The normalized spacial score (nSPS) is 37.5. The summed E-state index contributed by atoms with van der Waals surface area (Å²) in [6, 6.07) is 2.95. The van der Waals surface area contributed by atoms with E-state index in [1.165, 1.54) is 26.4 Å². The highest BCUT2D eigenvalue weighted by Gasteiger charge is 2.52. The lowest BCUT2D eigenvalue weighted by Gasteiger charge is -2.43. The Bertz CT molecular complexity index is 1370. The molecule has 0 aromatic heterocycles. The molecule has 1 aromatic carbocycles. The van der Waals surface area contributed by atoms with E-state index in [1.54, 1.807) is 0 Å². The van der Waals surface area contributed by atoms with E-state index in [9.17, 15) is 50.8 Å². The topological polar surface area (TPSA) is 264 Å². The molecule has 1 saturated carbocycles. The molecular weight excluding hydrogens is 704 g/mol. The third-order valence-electron chi connectivity index (χ3n) is 9.53. The van der Waals surface area contributed by atoms with Gasteiger partial charge in [0.1, 0.15) is 79.0 Å². The summed E-state index contributed by atoms with van der Waals surface area (Å²) < 4.78 is 39.0. The number of methoxy groups -OCH3 is 2. The first-order chi connectivity index (χ1) is 25.0. The summed E-state index contributed by atoms with van der Waals surface area (Å²) in [6.45, 7) is 6.64. The molecule has 0 bridgehead atoms. The van der Waals surface area contributed by atoms with Crippen LogP contribution in [0.4, 0.5) is 0 Å². The Kier molecular flexibility index (Phi) is 15.3. The van der Waals surface area contributed by atoms with Gasteiger partial charge in [0, 0.05) is 14.2 Å². The highest BCUT2D eigenvalue weighted by molar-refractivity contribution is 5.90. The molecule has 53 heavy (non-hydrogen) atoms. The van der Waals surface area contributed by atoms with Gasteiger partial charge in [-0.2, -0.15) is 0 Å². The summed E-state index contributed by atoms with van der Waals surface area (Å²) in [5.74, 6) is -0.737. The second-order valence-electron chi connectivity index (χ2n) is 14.1. The maximum atomic E-state index is 13.7. The van der Waals surface area contributed by atoms with Crippen molar-refractivity contribution in [3.8, 4) is 5.75 Å². The van der Waals surface area contributed by atoms with Gasteiger partial charge < -0.3 is 79.1 Å².